The summed E-state index contributed by atoms with van der Waals surface area (Å²) in [5, 5.41) is 12.7. The summed E-state index contributed by atoms with van der Waals surface area (Å²) in [6.07, 6.45) is 0.979. The molecule has 2 N–H and O–H groups in total. The van der Waals surface area contributed by atoms with Gasteiger partial charge in [0.25, 0.3) is 0 Å². The highest BCUT2D eigenvalue weighted by Gasteiger charge is 2.21. The Morgan fingerprint density at radius 2 is 1.85 bits per heavy atom. The molecule has 0 bridgehead atoms. The second-order valence-electron chi connectivity index (χ2n) is 5.55. The molecule has 0 aromatic heterocycles. The molecule has 1 atom stereocenters. The Balaban J connectivity index is 2.07. The minimum atomic E-state index is 0.197. The first-order valence-corrected chi connectivity index (χ1v) is 7.53. The van der Waals surface area contributed by atoms with Gasteiger partial charge in [0.05, 0.1) is 6.10 Å². The number of aliphatic hydroxyl groups excluding tert-OH is 1. The number of nitrogens with one attached hydrogen (secondary N) is 1. The van der Waals surface area contributed by atoms with E-state index >= 15 is 0 Å². The molecule has 0 aliphatic carbocycles. The van der Waals surface area contributed by atoms with Crippen LogP contribution in [-0.4, -0.2) is 48.9 Å². The van der Waals surface area contributed by atoms with Gasteiger partial charge >= 0.3 is 0 Å². The highest BCUT2D eigenvalue weighted by Crippen LogP contribution is 2.26. The van der Waals surface area contributed by atoms with Gasteiger partial charge in [-0.05, 0) is 38.0 Å². The van der Waals surface area contributed by atoms with Crippen molar-refractivity contribution < 1.29 is 9.84 Å². The van der Waals surface area contributed by atoms with Gasteiger partial charge in [-0.1, -0.05) is 12.1 Å². The van der Waals surface area contributed by atoms with Gasteiger partial charge in [0.1, 0.15) is 5.75 Å². The first-order valence-electron chi connectivity index (χ1n) is 7.53. The summed E-state index contributed by atoms with van der Waals surface area (Å²) >= 11 is 0. The molecule has 1 aliphatic rings. The van der Waals surface area contributed by atoms with Crippen LogP contribution in [0.1, 0.15) is 31.9 Å². The lowest BCUT2D eigenvalue weighted by molar-refractivity contribution is 0.141. The first kappa shape index (κ1) is 15.3. The predicted molar refractivity (Wildman–Crippen MR) is 81.1 cm³/mol. The van der Waals surface area contributed by atoms with Crippen LogP contribution in [0.2, 0.25) is 0 Å². The molecule has 1 aromatic rings. The maximum Gasteiger partial charge on any atom is 0.119 e. The summed E-state index contributed by atoms with van der Waals surface area (Å²) in [7, 11) is 0. The molecule has 2 rings (SSSR count). The van der Waals surface area contributed by atoms with E-state index in [4.69, 9.17) is 4.74 Å². The Labute approximate surface area is 121 Å². The lowest BCUT2D eigenvalue weighted by Gasteiger charge is -2.35. The predicted octanol–water partition coefficient (Wildman–Crippen LogP) is 1.80. The Morgan fingerprint density at radius 1 is 1.20 bits per heavy atom. The topological polar surface area (TPSA) is 44.7 Å². The zero-order valence-electron chi connectivity index (χ0n) is 12.5. The van der Waals surface area contributed by atoms with Crippen molar-refractivity contribution in [2.24, 2.45) is 0 Å². The molecule has 0 unspecified atom stereocenters. The molecule has 0 amide bonds. The molecule has 4 nitrogen and oxygen atoms in total. The van der Waals surface area contributed by atoms with Crippen LogP contribution in [0.3, 0.4) is 0 Å². The molecule has 0 radical (unpaired) electrons. The summed E-state index contributed by atoms with van der Waals surface area (Å²) in [5.74, 6) is 0.909. The van der Waals surface area contributed by atoms with E-state index in [0.717, 1.165) is 38.3 Å². The van der Waals surface area contributed by atoms with Crippen molar-refractivity contribution in [3.63, 3.8) is 0 Å². The summed E-state index contributed by atoms with van der Waals surface area (Å²) in [6.45, 7) is 8.40. The van der Waals surface area contributed by atoms with E-state index in [9.17, 15) is 5.11 Å². The lowest BCUT2D eigenvalue weighted by atomic mass is 10.0. The van der Waals surface area contributed by atoms with E-state index in [2.05, 4.69) is 22.3 Å². The van der Waals surface area contributed by atoms with Crippen molar-refractivity contribution in [3.05, 3.63) is 29.8 Å². The average Bonchev–Trinajstić information content (AvgIpc) is 2.46. The number of piperazine rings is 1. The number of rotatable bonds is 6. The van der Waals surface area contributed by atoms with Crippen molar-refractivity contribution in [1.82, 2.24) is 10.2 Å². The molecular formula is C16H26N2O2. The van der Waals surface area contributed by atoms with Crippen LogP contribution in [0, 0.1) is 0 Å². The Kier molecular flexibility index (Phi) is 5.83. The van der Waals surface area contributed by atoms with Crippen molar-refractivity contribution in [3.8, 4) is 5.75 Å². The maximum atomic E-state index is 9.34. The molecule has 0 spiro atoms. The first-order chi connectivity index (χ1) is 9.70. The Morgan fingerprint density at radius 3 is 2.40 bits per heavy atom. The van der Waals surface area contributed by atoms with E-state index in [1.54, 1.807) is 0 Å². The number of ether oxygens (including phenoxy) is 1. The van der Waals surface area contributed by atoms with Gasteiger partial charge in [0, 0.05) is 38.8 Å². The summed E-state index contributed by atoms with van der Waals surface area (Å²) < 4.78 is 5.68. The lowest BCUT2D eigenvalue weighted by Crippen LogP contribution is -2.45. The van der Waals surface area contributed by atoms with Crippen LogP contribution in [0.5, 0.6) is 5.75 Å². The zero-order valence-corrected chi connectivity index (χ0v) is 12.5. The van der Waals surface area contributed by atoms with Crippen molar-refractivity contribution in [2.45, 2.75) is 32.4 Å². The van der Waals surface area contributed by atoms with Gasteiger partial charge in [0.15, 0.2) is 0 Å². The van der Waals surface area contributed by atoms with Gasteiger partial charge in [-0.25, -0.2) is 0 Å². The number of aliphatic hydroxyl groups is 1. The minimum absolute atomic E-state index is 0.197. The van der Waals surface area contributed by atoms with Gasteiger partial charge in [-0.2, -0.15) is 0 Å². The minimum Gasteiger partial charge on any atom is -0.491 e. The molecule has 1 aromatic carbocycles. The van der Waals surface area contributed by atoms with Crippen LogP contribution in [0.4, 0.5) is 0 Å². The highest BCUT2D eigenvalue weighted by atomic mass is 16.5. The molecule has 1 saturated heterocycles. The van der Waals surface area contributed by atoms with E-state index in [1.165, 1.54) is 5.56 Å². The maximum absolute atomic E-state index is 9.34. The fraction of sp³-hybridized carbons (Fsp3) is 0.625. The van der Waals surface area contributed by atoms with E-state index < -0.39 is 0 Å². The standard InChI is InChI=1S/C16H26N2O2/c1-13(2)20-15-5-3-14(4-6-15)16(7-12-19)18-10-8-17-9-11-18/h3-6,13,16-17,19H,7-12H2,1-2H3/t16-/m1/s1. The van der Waals surface area contributed by atoms with E-state index in [-0.39, 0.29) is 12.7 Å². The highest BCUT2D eigenvalue weighted by molar-refractivity contribution is 5.29. The summed E-state index contributed by atoms with van der Waals surface area (Å²) in [6, 6.07) is 8.61. The average molecular weight is 278 g/mol. The molecule has 1 heterocycles. The van der Waals surface area contributed by atoms with Gasteiger partial charge in [-0.15, -0.1) is 0 Å². The quantitative estimate of drug-likeness (QED) is 0.833. The van der Waals surface area contributed by atoms with Gasteiger partial charge in [-0.3, -0.25) is 4.90 Å². The van der Waals surface area contributed by atoms with Crippen molar-refractivity contribution in [1.29, 1.82) is 0 Å². The molecular weight excluding hydrogens is 252 g/mol. The fourth-order valence-corrected chi connectivity index (χ4v) is 2.72. The van der Waals surface area contributed by atoms with Crippen LogP contribution in [0.15, 0.2) is 24.3 Å². The van der Waals surface area contributed by atoms with Crippen LogP contribution < -0.4 is 10.1 Å². The molecule has 4 heteroatoms. The SMILES string of the molecule is CC(C)Oc1ccc([C@@H](CCO)N2CCNCC2)cc1. The molecule has 0 saturated carbocycles. The fourth-order valence-electron chi connectivity index (χ4n) is 2.72. The third kappa shape index (κ3) is 4.20. The van der Waals surface area contributed by atoms with E-state index in [1.807, 2.05) is 26.0 Å². The largest absolute Gasteiger partial charge is 0.491 e. The smallest absolute Gasteiger partial charge is 0.119 e. The normalized spacial score (nSPS) is 18.2. The number of hydrogen-bond donors (Lipinski definition) is 2. The van der Waals surface area contributed by atoms with Gasteiger partial charge in [0.2, 0.25) is 0 Å². The summed E-state index contributed by atoms with van der Waals surface area (Å²) in [4.78, 5) is 2.45. The Bertz CT molecular complexity index is 386. The second-order valence-corrected chi connectivity index (χ2v) is 5.55. The summed E-state index contributed by atoms with van der Waals surface area (Å²) in [5.41, 5.74) is 1.26. The van der Waals surface area contributed by atoms with Crippen LogP contribution in [-0.2, 0) is 0 Å². The Hall–Kier alpha value is -1.10. The molecule has 112 valence electrons. The second kappa shape index (κ2) is 7.62. The third-order valence-corrected chi connectivity index (χ3v) is 3.63. The number of hydrogen-bond acceptors (Lipinski definition) is 4. The van der Waals surface area contributed by atoms with Crippen molar-refractivity contribution in [2.75, 3.05) is 32.8 Å². The third-order valence-electron chi connectivity index (χ3n) is 3.63. The monoisotopic (exact) mass is 278 g/mol. The number of nitrogens with zero attached hydrogens (tertiary/aromatic N) is 1. The number of benzene rings is 1. The molecule has 1 aliphatic heterocycles. The van der Waals surface area contributed by atoms with E-state index in [0.29, 0.717) is 6.04 Å². The molecule has 20 heavy (non-hydrogen) atoms. The zero-order chi connectivity index (χ0) is 14.4. The van der Waals surface area contributed by atoms with Gasteiger partial charge < -0.3 is 15.2 Å². The van der Waals surface area contributed by atoms with Crippen LogP contribution >= 0.6 is 0 Å². The van der Waals surface area contributed by atoms with Crippen LogP contribution in [0.25, 0.3) is 0 Å². The molecule has 1 fully saturated rings. The van der Waals surface area contributed by atoms with Crippen molar-refractivity contribution >= 4 is 0 Å².